The zero-order valence-corrected chi connectivity index (χ0v) is 9.75. The van der Waals surface area contributed by atoms with Crippen LogP contribution in [0.5, 0.6) is 0 Å². The largest absolute Gasteiger partial charge is 0.306 e. The van der Waals surface area contributed by atoms with E-state index in [9.17, 15) is 13.2 Å². The van der Waals surface area contributed by atoms with Gasteiger partial charge in [0.25, 0.3) is 0 Å². The number of nitrogens with zero attached hydrogens (tertiary/aromatic N) is 1. The number of piperidine rings is 1. The molecule has 0 radical (unpaired) electrons. The van der Waals surface area contributed by atoms with Gasteiger partial charge < -0.3 is 4.90 Å². The molecule has 6 heteroatoms. The van der Waals surface area contributed by atoms with E-state index >= 15 is 0 Å². The Morgan fingerprint density at radius 3 is 2.40 bits per heavy atom. The number of nitrogens with one attached hydrogen (secondary N) is 1. The minimum Gasteiger partial charge on any atom is -0.306 e. The highest BCUT2D eigenvalue weighted by molar-refractivity contribution is 7.90. The third-order valence-electron chi connectivity index (χ3n) is 3.27. The number of fused-ring (bicyclic) bond motifs is 1. The molecular weight excluding hydrogens is 216 g/mol. The highest BCUT2D eigenvalue weighted by atomic mass is 32.2. The maximum absolute atomic E-state index is 11.5. The van der Waals surface area contributed by atoms with E-state index in [2.05, 4.69) is 4.90 Å². The molecule has 5 nitrogen and oxygen atoms in total. The van der Waals surface area contributed by atoms with Gasteiger partial charge in [0.1, 0.15) is 0 Å². The van der Waals surface area contributed by atoms with Crippen molar-refractivity contribution in [1.82, 2.24) is 9.62 Å². The third kappa shape index (κ3) is 2.31. The molecule has 2 fully saturated rings. The van der Waals surface area contributed by atoms with Gasteiger partial charge in [0, 0.05) is 20.0 Å². The molecule has 0 spiro atoms. The summed E-state index contributed by atoms with van der Waals surface area (Å²) in [6, 6.07) is 0. The Kier molecular flexibility index (Phi) is 2.50. The zero-order valence-electron chi connectivity index (χ0n) is 8.93. The van der Waals surface area contributed by atoms with E-state index in [0.717, 1.165) is 13.1 Å². The molecule has 0 bridgehead atoms. The zero-order chi connectivity index (χ0) is 11.2. The van der Waals surface area contributed by atoms with E-state index in [1.165, 1.54) is 6.92 Å². The summed E-state index contributed by atoms with van der Waals surface area (Å²) in [6.45, 7) is 3.20. The lowest BCUT2D eigenvalue weighted by atomic mass is 10.3. The van der Waals surface area contributed by atoms with E-state index in [4.69, 9.17) is 0 Å². The molecule has 2 aliphatic rings. The molecular formula is C9H16N2O3S. The maximum Gasteiger partial charge on any atom is 0.235 e. The normalized spacial score (nSPS) is 34.9. The van der Waals surface area contributed by atoms with Gasteiger partial charge in [-0.1, -0.05) is 0 Å². The summed E-state index contributed by atoms with van der Waals surface area (Å²) in [5, 5.41) is 0. The highest BCUT2D eigenvalue weighted by Gasteiger charge is 2.55. The summed E-state index contributed by atoms with van der Waals surface area (Å²) < 4.78 is 24.9. The monoisotopic (exact) mass is 232 g/mol. The maximum atomic E-state index is 11.5. The van der Waals surface area contributed by atoms with Crippen molar-refractivity contribution in [2.75, 3.05) is 25.9 Å². The Hall–Kier alpha value is -0.620. The van der Waals surface area contributed by atoms with Crippen LogP contribution in [0.2, 0.25) is 0 Å². The lowest BCUT2D eigenvalue weighted by Crippen LogP contribution is -2.32. The van der Waals surface area contributed by atoms with Gasteiger partial charge in [-0.25, -0.2) is 8.42 Å². The number of hydrogen-bond acceptors (Lipinski definition) is 4. The highest BCUT2D eigenvalue weighted by Crippen LogP contribution is 2.51. The topological polar surface area (TPSA) is 66.5 Å². The second-order valence-electron chi connectivity index (χ2n) is 4.65. The molecule has 0 aromatic heterocycles. The van der Waals surface area contributed by atoms with Crippen molar-refractivity contribution in [2.45, 2.75) is 6.92 Å². The number of hydrogen-bond donors (Lipinski definition) is 1. The first-order chi connectivity index (χ1) is 6.89. The van der Waals surface area contributed by atoms with Crippen LogP contribution in [-0.2, 0) is 14.8 Å². The van der Waals surface area contributed by atoms with E-state index in [1.807, 2.05) is 11.8 Å². The van der Waals surface area contributed by atoms with Gasteiger partial charge in [0.2, 0.25) is 15.9 Å². The smallest absolute Gasteiger partial charge is 0.235 e. The minimum atomic E-state index is -3.40. The van der Waals surface area contributed by atoms with E-state index in [-0.39, 0.29) is 11.7 Å². The lowest BCUT2D eigenvalue weighted by Gasteiger charge is -2.12. The van der Waals surface area contributed by atoms with Crippen LogP contribution in [0.25, 0.3) is 0 Å². The van der Waals surface area contributed by atoms with Gasteiger partial charge in [-0.3, -0.25) is 9.52 Å². The van der Waals surface area contributed by atoms with Crippen LogP contribution in [0.3, 0.4) is 0 Å². The number of sulfonamides is 1. The predicted molar refractivity (Wildman–Crippen MR) is 55.6 cm³/mol. The van der Waals surface area contributed by atoms with E-state index < -0.39 is 15.9 Å². The van der Waals surface area contributed by atoms with Crippen LogP contribution < -0.4 is 4.72 Å². The van der Waals surface area contributed by atoms with E-state index in [0.29, 0.717) is 11.8 Å². The molecule has 86 valence electrons. The van der Waals surface area contributed by atoms with Crippen molar-refractivity contribution in [3.05, 3.63) is 0 Å². The summed E-state index contributed by atoms with van der Waals surface area (Å²) in [4.78, 5) is 12.9. The lowest BCUT2D eigenvalue weighted by molar-refractivity contribution is -0.117. The summed E-state index contributed by atoms with van der Waals surface area (Å²) >= 11 is 0. The average Bonchev–Trinajstić information content (AvgIpc) is 2.55. The summed E-state index contributed by atoms with van der Waals surface area (Å²) in [5.41, 5.74) is 0. The van der Waals surface area contributed by atoms with Crippen LogP contribution in [0, 0.1) is 17.8 Å². The molecule has 2 rings (SSSR count). The molecule has 1 saturated carbocycles. The Morgan fingerprint density at radius 1 is 1.40 bits per heavy atom. The van der Waals surface area contributed by atoms with Crippen LogP contribution in [0.15, 0.2) is 0 Å². The van der Waals surface area contributed by atoms with Gasteiger partial charge in [-0.05, 0) is 24.8 Å². The van der Waals surface area contributed by atoms with Crippen molar-refractivity contribution < 1.29 is 13.2 Å². The number of amides is 1. The fraction of sp³-hybridized carbons (Fsp3) is 0.889. The molecule has 1 saturated heterocycles. The van der Waals surface area contributed by atoms with Crippen molar-refractivity contribution in [3.63, 3.8) is 0 Å². The van der Waals surface area contributed by atoms with Gasteiger partial charge in [0.05, 0.1) is 5.75 Å². The van der Waals surface area contributed by atoms with Crippen LogP contribution >= 0.6 is 0 Å². The second-order valence-corrected chi connectivity index (χ2v) is 6.42. The Bertz CT molecular complexity index is 367. The third-order valence-corrected chi connectivity index (χ3v) is 4.69. The number of rotatable bonds is 3. The molecule has 2 unspecified atom stereocenters. The molecule has 1 aliphatic carbocycles. The first-order valence-corrected chi connectivity index (χ1v) is 6.74. The number of likely N-dealkylation sites (tertiary alicyclic amines) is 1. The molecule has 2 atom stereocenters. The van der Waals surface area contributed by atoms with Crippen molar-refractivity contribution in [2.24, 2.45) is 17.8 Å². The summed E-state index contributed by atoms with van der Waals surface area (Å²) in [6.07, 6.45) is 0. The standard InChI is InChI=1S/C9H16N2O3S/c1-6(12)10-15(13,14)5-9-7-3-11(2)4-8(7)9/h7-9H,3-5H2,1-2H3,(H,10,12). The first-order valence-electron chi connectivity index (χ1n) is 5.08. The van der Waals surface area contributed by atoms with Crippen molar-refractivity contribution in [3.8, 4) is 0 Å². The fourth-order valence-corrected chi connectivity index (χ4v) is 4.14. The van der Waals surface area contributed by atoms with Gasteiger partial charge >= 0.3 is 0 Å². The fourth-order valence-electron chi connectivity index (χ4n) is 2.62. The molecule has 1 amide bonds. The summed E-state index contributed by atoms with van der Waals surface area (Å²) in [7, 11) is -1.35. The van der Waals surface area contributed by atoms with Gasteiger partial charge in [-0.2, -0.15) is 0 Å². The SMILES string of the molecule is CC(=O)NS(=O)(=O)CC1C2CN(C)CC21. The Balaban J connectivity index is 1.88. The van der Waals surface area contributed by atoms with E-state index in [1.54, 1.807) is 0 Å². The first kappa shape index (κ1) is 10.9. The van der Waals surface area contributed by atoms with Gasteiger partial charge in [0.15, 0.2) is 0 Å². The van der Waals surface area contributed by atoms with Crippen molar-refractivity contribution in [1.29, 1.82) is 0 Å². The second kappa shape index (κ2) is 3.45. The van der Waals surface area contributed by atoms with Crippen LogP contribution in [0.4, 0.5) is 0 Å². The molecule has 1 heterocycles. The molecule has 1 aliphatic heterocycles. The Morgan fingerprint density at radius 2 is 1.93 bits per heavy atom. The minimum absolute atomic E-state index is 0.107. The molecule has 0 aromatic carbocycles. The van der Waals surface area contributed by atoms with Gasteiger partial charge in [-0.15, -0.1) is 0 Å². The number of carbonyl (C=O) groups is 1. The average molecular weight is 232 g/mol. The predicted octanol–water partition coefficient (Wildman–Crippen LogP) is -0.740. The van der Waals surface area contributed by atoms with Crippen LogP contribution in [-0.4, -0.2) is 45.1 Å². The van der Waals surface area contributed by atoms with Crippen molar-refractivity contribution >= 4 is 15.9 Å². The Labute approximate surface area is 89.9 Å². The quantitative estimate of drug-likeness (QED) is 0.696. The number of carbonyl (C=O) groups excluding carboxylic acids is 1. The van der Waals surface area contributed by atoms with Crippen LogP contribution in [0.1, 0.15) is 6.92 Å². The molecule has 0 aromatic rings. The summed E-state index contributed by atoms with van der Waals surface area (Å²) in [5.74, 6) is 0.920. The molecule has 1 N–H and O–H groups in total. The molecule has 15 heavy (non-hydrogen) atoms.